The van der Waals surface area contributed by atoms with Crippen LogP contribution in [0, 0.1) is 0 Å². The van der Waals surface area contributed by atoms with E-state index in [1.54, 1.807) is 4.90 Å². The number of hydrogen-bond acceptors (Lipinski definition) is 6. The Morgan fingerprint density at radius 1 is 1.12 bits per heavy atom. The summed E-state index contributed by atoms with van der Waals surface area (Å²) in [6.07, 6.45) is -2.44. The Hall–Kier alpha value is -2.99. The summed E-state index contributed by atoms with van der Waals surface area (Å²) in [5, 5.41) is 11.1. The molecule has 0 spiro atoms. The molecule has 0 unspecified atom stereocenters. The van der Waals surface area contributed by atoms with Crippen LogP contribution in [0.4, 0.5) is 24.5 Å². The maximum absolute atomic E-state index is 14.0. The number of carboxylic acid groups (broad SMARTS) is 1. The highest BCUT2D eigenvalue weighted by atomic mass is 32.2. The first kappa shape index (κ1) is 25.3. The number of alkyl halides is 3. The Labute approximate surface area is 183 Å². The summed E-state index contributed by atoms with van der Waals surface area (Å²) in [6, 6.07) is 6.61. The average Bonchev–Trinajstić information content (AvgIpc) is 2.72. The fraction of sp³-hybridized carbons (Fsp3) is 0.350. The first-order chi connectivity index (χ1) is 14.5. The third-order valence-electron chi connectivity index (χ3n) is 4.96. The normalized spacial score (nSPS) is 14.4. The van der Waals surface area contributed by atoms with E-state index in [-0.39, 0.29) is 17.6 Å². The van der Waals surface area contributed by atoms with Crippen molar-refractivity contribution in [1.82, 2.24) is 6.15 Å². The number of aromatic carboxylic acids is 1. The molecule has 2 aromatic rings. The first-order valence-corrected chi connectivity index (χ1v) is 10.9. The molecule has 176 valence electrons. The van der Waals surface area contributed by atoms with Crippen LogP contribution in [0.15, 0.2) is 41.3 Å². The molecule has 1 aliphatic heterocycles. The van der Waals surface area contributed by atoms with Crippen molar-refractivity contribution in [1.29, 1.82) is 0 Å². The number of methoxy groups -OCH3 is 1. The smallest absolute Gasteiger partial charge is 0.420 e. The van der Waals surface area contributed by atoms with Crippen molar-refractivity contribution in [3.05, 3.63) is 47.5 Å². The van der Waals surface area contributed by atoms with Crippen molar-refractivity contribution in [3.63, 3.8) is 0 Å². The van der Waals surface area contributed by atoms with Gasteiger partial charge in [-0.15, -0.1) is 0 Å². The van der Waals surface area contributed by atoms with Crippen LogP contribution in [0.3, 0.4) is 0 Å². The van der Waals surface area contributed by atoms with Gasteiger partial charge in [0.2, 0.25) is 0 Å². The molecule has 0 radical (unpaired) electrons. The van der Waals surface area contributed by atoms with E-state index in [0.29, 0.717) is 13.1 Å². The number of nitrogens with one attached hydrogen (secondary N) is 1. The number of piperidine rings is 1. The van der Waals surface area contributed by atoms with E-state index < -0.39 is 43.9 Å². The molecule has 0 amide bonds. The summed E-state index contributed by atoms with van der Waals surface area (Å²) in [4.78, 5) is 12.1. The van der Waals surface area contributed by atoms with Gasteiger partial charge in [0.25, 0.3) is 10.0 Å². The van der Waals surface area contributed by atoms with E-state index in [0.717, 1.165) is 50.6 Å². The molecule has 0 aromatic heterocycles. The Morgan fingerprint density at radius 2 is 1.78 bits per heavy atom. The minimum Gasteiger partial charge on any atom is -0.545 e. The summed E-state index contributed by atoms with van der Waals surface area (Å²) >= 11 is 0. The molecular formula is C20H24F3N3O5S. The van der Waals surface area contributed by atoms with E-state index in [9.17, 15) is 31.5 Å². The third-order valence-corrected chi connectivity index (χ3v) is 6.34. The molecule has 0 bridgehead atoms. The van der Waals surface area contributed by atoms with Crippen molar-refractivity contribution >= 4 is 27.4 Å². The van der Waals surface area contributed by atoms with E-state index in [1.807, 2.05) is 4.72 Å². The Kier molecular flexibility index (Phi) is 7.62. The lowest BCUT2D eigenvalue weighted by Crippen LogP contribution is -2.32. The fourth-order valence-electron chi connectivity index (χ4n) is 3.53. The number of carbonyl (C=O) groups excluding carboxylic acids is 1. The van der Waals surface area contributed by atoms with Gasteiger partial charge in [0.15, 0.2) is 0 Å². The van der Waals surface area contributed by atoms with Crippen molar-refractivity contribution < 1.29 is 36.2 Å². The highest BCUT2D eigenvalue weighted by Gasteiger charge is 2.39. The molecule has 1 aliphatic rings. The standard InChI is InChI=1S/C20H21F3N2O5S.H3N/c1-30-16-9-8-13(19(26)27)12-17(16)31(28,29)24-14-6-5-7-15(18(14)20(21,22)23)25-10-3-2-4-11-25;/h5-9,12,24H,2-4,10-11H2,1H3,(H,26,27);1H3. The lowest BCUT2D eigenvalue weighted by atomic mass is 10.1. The highest BCUT2D eigenvalue weighted by Crippen LogP contribution is 2.43. The van der Waals surface area contributed by atoms with Gasteiger partial charge in [-0.2, -0.15) is 13.2 Å². The quantitative estimate of drug-likeness (QED) is 0.658. The molecule has 8 nitrogen and oxygen atoms in total. The molecule has 5 N–H and O–H groups in total. The summed E-state index contributed by atoms with van der Waals surface area (Å²) in [7, 11) is -3.47. The molecule has 1 fully saturated rings. The van der Waals surface area contributed by atoms with Gasteiger partial charge in [-0.1, -0.05) is 6.07 Å². The molecule has 12 heteroatoms. The highest BCUT2D eigenvalue weighted by molar-refractivity contribution is 7.92. The minimum atomic E-state index is -4.83. The van der Waals surface area contributed by atoms with Gasteiger partial charge < -0.3 is 25.7 Å². The van der Waals surface area contributed by atoms with Crippen LogP contribution >= 0.6 is 0 Å². The summed E-state index contributed by atoms with van der Waals surface area (Å²) in [5.41, 5.74) is -2.32. The Morgan fingerprint density at radius 3 is 2.34 bits per heavy atom. The second-order valence-corrected chi connectivity index (χ2v) is 8.65. The lowest BCUT2D eigenvalue weighted by Gasteiger charge is -2.32. The molecule has 0 aliphatic carbocycles. The van der Waals surface area contributed by atoms with Crippen LogP contribution < -0.4 is 25.6 Å². The van der Waals surface area contributed by atoms with E-state index in [4.69, 9.17) is 4.74 Å². The van der Waals surface area contributed by atoms with E-state index in [1.165, 1.54) is 12.1 Å². The van der Waals surface area contributed by atoms with Gasteiger partial charge in [0, 0.05) is 13.1 Å². The summed E-state index contributed by atoms with van der Waals surface area (Å²) in [6.45, 7) is 0.863. The van der Waals surface area contributed by atoms with Gasteiger partial charge in [-0.05, 0) is 55.2 Å². The SMILES string of the molecule is COc1ccc(C(=O)[O-])cc1S(=O)(=O)Nc1cccc(N2CCCCC2)c1C(F)(F)F.[NH4+]. The lowest BCUT2D eigenvalue weighted by molar-refractivity contribution is -0.255. The molecular weight excluding hydrogens is 451 g/mol. The summed E-state index contributed by atoms with van der Waals surface area (Å²) in [5.74, 6) is -1.86. The number of ether oxygens (including phenoxy) is 1. The predicted molar refractivity (Wildman–Crippen MR) is 112 cm³/mol. The Bertz CT molecular complexity index is 1080. The van der Waals surface area contributed by atoms with Crippen LogP contribution in [0.25, 0.3) is 0 Å². The molecule has 3 rings (SSSR count). The van der Waals surface area contributed by atoms with Gasteiger partial charge in [-0.3, -0.25) is 4.72 Å². The molecule has 1 heterocycles. The topological polar surface area (TPSA) is 135 Å². The maximum Gasteiger partial charge on any atom is 0.420 e. The molecule has 2 aromatic carbocycles. The first-order valence-electron chi connectivity index (χ1n) is 9.42. The average molecular weight is 475 g/mol. The number of hydrogen-bond donors (Lipinski definition) is 2. The van der Waals surface area contributed by atoms with Gasteiger partial charge in [0.05, 0.1) is 24.5 Å². The van der Waals surface area contributed by atoms with Gasteiger partial charge in [-0.25, -0.2) is 8.42 Å². The zero-order valence-corrected chi connectivity index (χ0v) is 18.3. The number of rotatable bonds is 6. The number of benzene rings is 2. The monoisotopic (exact) mass is 475 g/mol. The van der Waals surface area contributed by atoms with Crippen LogP contribution in [0.5, 0.6) is 5.75 Å². The molecule has 0 atom stereocenters. The number of quaternary nitrogens is 1. The van der Waals surface area contributed by atoms with Gasteiger partial charge >= 0.3 is 6.18 Å². The van der Waals surface area contributed by atoms with Gasteiger partial charge in [0.1, 0.15) is 16.2 Å². The van der Waals surface area contributed by atoms with E-state index >= 15 is 0 Å². The second-order valence-electron chi connectivity index (χ2n) is 7.00. The number of nitrogens with zero attached hydrogens (tertiary/aromatic N) is 1. The van der Waals surface area contributed by atoms with Crippen molar-refractivity contribution in [2.24, 2.45) is 0 Å². The maximum atomic E-state index is 14.0. The van der Waals surface area contributed by atoms with Crippen LogP contribution in [-0.2, 0) is 16.2 Å². The van der Waals surface area contributed by atoms with Crippen molar-refractivity contribution in [3.8, 4) is 5.75 Å². The third kappa shape index (κ3) is 5.25. The number of carbonyl (C=O) groups is 1. The fourth-order valence-corrected chi connectivity index (χ4v) is 4.80. The predicted octanol–water partition coefficient (Wildman–Crippen LogP) is 3.24. The summed E-state index contributed by atoms with van der Waals surface area (Å²) < 4.78 is 74.7. The molecule has 1 saturated heterocycles. The van der Waals surface area contributed by atoms with Crippen LogP contribution in [-0.4, -0.2) is 34.6 Å². The van der Waals surface area contributed by atoms with Crippen molar-refractivity contribution in [2.45, 2.75) is 30.3 Å². The zero-order valence-electron chi connectivity index (χ0n) is 17.5. The van der Waals surface area contributed by atoms with Crippen LogP contribution in [0.2, 0.25) is 0 Å². The number of halogens is 3. The van der Waals surface area contributed by atoms with E-state index in [2.05, 4.69) is 0 Å². The van der Waals surface area contributed by atoms with Crippen LogP contribution in [0.1, 0.15) is 35.2 Å². The number of anilines is 2. The second kappa shape index (κ2) is 9.65. The van der Waals surface area contributed by atoms with Crippen molar-refractivity contribution in [2.75, 3.05) is 29.8 Å². The molecule has 0 saturated carbocycles. The zero-order chi connectivity index (χ0) is 22.8. The minimum absolute atomic E-state index is 0. The molecule has 32 heavy (non-hydrogen) atoms. The number of carboxylic acids is 1. The number of sulfonamides is 1. The largest absolute Gasteiger partial charge is 0.545 e. The Balaban J connectivity index is 0.00000363.